The number of hydrogen-bond donors (Lipinski definition) is 2. The van der Waals surface area contributed by atoms with E-state index < -0.39 is 0 Å². The number of aryl methyl sites for hydroxylation is 1. The van der Waals surface area contributed by atoms with E-state index in [-0.39, 0.29) is 6.04 Å². The number of aromatic nitrogens is 3. The van der Waals surface area contributed by atoms with Crippen molar-refractivity contribution in [3.05, 3.63) is 11.6 Å². The van der Waals surface area contributed by atoms with Crippen LogP contribution in [0.4, 0.5) is 0 Å². The molecule has 0 amide bonds. The van der Waals surface area contributed by atoms with Gasteiger partial charge in [0.25, 0.3) is 0 Å². The summed E-state index contributed by atoms with van der Waals surface area (Å²) in [6.45, 7) is 3.81. The van der Waals surface area contributed by atoms with E-state index in [1.807, 2.05) is 13.8 Å². The third-order valence-electron chi connectivity index (χ3n) is 1.15. The molecule has 0 unspecified atom stereocenters. The Balaban J connectivity index is 2.58. The second-order valence-electron chi connectivity index (χ2n) is 2.52. The maximum atomic E-state index is 5.54. The van der Waals surface area contributed by atoms with Crippen LogP contribution in [0.1, 0.15) is 18.6 Å². The van der Waals surface area contributed by atoms with Crippen molar-refractivity contribution in [1.82, 2.24) is 15.2 Å². The van der Waals surface area contributed by atoms with Gasteiger partial charge in [-0.15, -0.1) is 0 Å². The van der Waals surface area contributed by atoms with Crippen LogP contribution in [-0.2, 0) is 6.42 Å². The lowest BCUT2D eigenvalue weighted by Gasteiger charge is -1.97. The molecule has 1 rings (SSSR count). The summed E-state index contributed by atoms with van der Waals surface area (Å²) in [6, 6.07) is 0.134. The van der Waals surface area contributed by atoms with Crippen molar-refractivity contribution < 1.29 is 0 Å². The standard InChI is InChI=1S/C6H12N4/c1-4(7)3-6-8-5(2)9-10-6/h4H,3,7H2,1-2H3,(H,8,9,10)/t4-/m1/s1. The van der Waals surface area contributed by atoms with Gasteiger partial charge in [0.15, 0.2) is 5.82 Å². The zero-order valence-electron chi connectivity index (χ0n) is 6.26. The molecule has 10 heavy (non-hydrogen) atoms. The molecule has 0 aromatic carbocycles. The van der Waals surface area contributed by atoms with Crippen molar-refractivity contribution in [2.75, 3.05) is 0 Å². The summed E-state index contributed by atoms with van der Waals surface area (Å²) >= 11 is 0. The quantitative estimate of drug-likeness (QED) is 0.607. The molecule has 1 heterocycles. The first-order valence-corrected chi connectivity index (χ1v) is 3.32. The van der Waals surface area contributed by atoms with Crippen LogP contribution in [0.3, 0.4) is 0 Å². The van der Waals surface area contributed by atoms with Crippen LogP contribution in [0.2, 0.25) is 0 Å². The Hall–Kier alpha value is -0.900. The van der Waals surface area contributed by atoms with Crippen LogP contribution >= 0.6 is 0 Å². The molecule has 0 spiro atoms. The molecule has 0 bridgehead atoms. The molecule has 0 aliphatic rings. The third kappa shape index (κ3) is 1.80. The SMILES string of the molecule is Cc1nc(C[C@@H](C)N)n[nH]1. The minimum Gasteiger partial charge on any atom is -0.328 e. The van der Waals surface area contributed by atoms with E-state index in [1.54, 1.807) is 0 Å². The van der Waals surface area contributed by atoms with E-state index in [1.165, 1.54) is 0 Å². The molecule has 0 fully saturated rings. The number of hydrogen-bond acceptors (Lipinski definition) is 3. The van der Waals surface area contributed by atoms with Crippen molar-refractivity contribution in [2.45, 2.75) is 26.3 Å². The van der Waals surface area contributed by atoms with Crippen LogP contribution in [0.15, 0.2) is 0 Å². The van der Waals surface area contributed by atoms with Gasteiger partial charge in [-0.1, -0.05) is 0 Å². The fraction of sp³-hybridized carbons (Fsp3) is 0.667. The minimum atomic E-state index is 0.134. The highest BCUT2D eigenvalue weighted by molar-refractivity contribution is 4.89. The largest absolute Gasteiger partial charge is 0.328 e. The van der Waals surface area contributed by atoms with Crippen LogP contribution in [0.25, 0.3) is 0 Å². The summed E-state index contributed by atoms with van der Waals surface area (Å²) in [4.78, 5) is 4.10. The summed E-state index contributed by atoms with van der Waals surface area (Å²) in [5.41, 5.74) is 5.54. The van der Waals surface area contributed by atoms with Crippen molar-refractivity contribution in [3.8, 4) is 0 Å². The molecule has 0 radical (unpaired) electrons. The maximum absolute atomic E-state index is 5.54. The van der Waals surface area contributed by atoms with Gasteiger partial charge < -0.3 is 5.73 Å². The van der Waals surface area contributed by atoms with Gasteiger partial charge in [-0.3, -0.25) is 5.10 Å². The lowest BCUT2D eigenvalue weighted by atomic mass is 10.2. The molecule has 56 valence electrons. The normalized spacial score (nSPS) is 13.5. The first-order valence-electron chi connectivity index (χ1n) is 3.32. The van der Waals surface area contributed by atoms with Crippen molar-refractivity contribution in [1.29, 1.82) is 0 Å². The monoisotopic (exact) mass is 140 g/mol. The van der Waals surface area contributed by atoms with Crippen LogP contribution < -0.4 is 5.73 Å². The van der Waals surface area contributed by atoms with Gasteiger partial charge in [-0.05, 0) is 13.8 Å². The predicted octanol–water partition coefficient (Wildman–Crippen LogP) is 0.00282. The number of nitrogens with one attached hydrogen (secondary N) is 1. The summed E-state index contributed by atoms with van der Waals surface area (Å²) in [7, 11) is 0. The summed E-state index contributed by atoms with van der Waals surface area (Å²) in [5, 5.41) is 6.70. The molecule has 1 atom stereocenters. The Labute approximate surface area is 59.8 Å². The smallest absolute Gasteiger partial charge is 0.152 e. The lowest BCUT2D eigenvalue weighted by Crippen LogP contribution is -2.18. The Morgan fingerprint density at radius 3 is 2.80 bits per heavy atom. The molecular formula is C6H12N4. The molecule has 3 N–H and O–H groups in total. The topological polar surface area (TPSA) is 67.6 Å². The average molecular weight is 140 g/mol. The molecule has 0 saturated heterocycles. The first kappa shape index (κ1) is 7.21. The third-order valence-corrected chi connectivity index (χ3v) is 1.15. The number of nitrogens with zero attached hydrogens (tertiary/aromatic N) is 2. The maximum Gasteiger partial charge on any atom is 0.152 e. The molecule has 4 nitrogen and oxygen atoms in total. The molecule has 0 aliphatic carbocycles. The van der Waals surface area contributed by atoms with E-state index in [0.29, 0.717) is 0 Å². The predicted molar refractivity (Wildman–Crippen MR) is 38.5 cm³/mol. The Morgan fingerprint density at radius 2 is 2.40 bits per heavy atom. The van der Waals surface area contributed by atoms with Gasteiger partial charge in [0, 0.05) is 12.5 Å². The highest BCUT2D eigenvalue weighted by Gasteiger charge is 2.01. The first-order chi connectivity index (χ1) is 4.68. The number of rotatable bonds is 2. The van der Waals surface area contributed by atoms with Crippen LogP contribution in [0.5, 0.6) is 0 Å². The minimum absolute atomic E-state index is 0.134. The fourth-order valence-electron chi connectivity index (χ4n) is 0.768. The van der Waals surface area contributed by atoms with Gasteiger partial charge >= 0.3 is 0 Å². The van der Waals surface area contributed by atoms with Gasteiger partial charge in [-0.2, -0.15) is 5.10 Å². The summed E-state index contributed by atoms with van der Waals surface area (Å²) in [5.74, 6) is 1.64. The molecule has 4 heteroatoms. The van der Waals surface area contributed by atoms with Crippen LogP contribution in [-0.4, -0.2) is 21.2 Å². The molecular weight excluding hydrogens is 128 g/mol. The molecule has 1 aromatic rings. The average Bonchev–Trinajstić information content (AvgIpc) is 2.13. The molecule has 1 aromatic heterocycles. The van der Waals surface area contributed by atoms with E-state index in [4.69, 9.17) is 5.73 Å². The fourth-order valence-corrected chi connectivity index (χ4v) is 0.768. The van der Waals surface area contributed by atoms with Crippen LogP contribution in [0, 0.1) is 6.92 Å². The number of aromatic amines is 1. The number of H-pyrrole nitrogens is 1. The molecule has 0 aliphatic heterocycles. The van der Waals surface area contributed by atoms with Gasteiger partial charge in [0.2, 0.25) is 0 Å². The molecule has 0 saturated carbocycles. The van der Waals surface area contributed by atoms with E-state index in [2.05, 4.69) is 15.2 Å². The van der Waals surface area contributed by atoms with Crippen molar-refractivity contribution in [2.24, 2.45) is 5.73 Å². The summed E-state index contributed by atoms with van der Waals surface area (Å²) in [6.07, 6.45) is 0.740. The van der Waals surface area contributed by atoms with E-state index in [0.717, 1.165) is 18.1 Å². The van der Waals surface area contributed by atoms with Crippen molar-refractivity contribution in [3.63, 3.8) is 0 Å². The Kier molecular flexibility index (Phi) is 2.01. The lowest BCUT2D eigenvalue weighted by molar-refractivity contribution is 0.704. The zero-order valence-corrected chi connectivity index (χ0v) is 6.26. The van der Waals surface area contributed by atoms with Gasteiger partial charge in [0.05, 0.1) is 0 Å². The number of nitrogens with two attached hydrogens (primary N) is 1. The highest BCUT2D eigenvalue weighted by Crippen LogP contribution is 1.93. The van der Waals surface area contributed by atoms with E-state index >= 15 is 0 Å². The van der Waals surface area contributed by atoms with E-state index in [9.17, 15) is 0 Å². The Bertz CT molecular complexity index is 203. The highest BCUT2D eigenvalue weighted by atomic mass is 15.2. The zero-order chi connectivity index (χ0) is 7.56. The van der Waals surface area contributed by atoms with Gasteiger partial charge in [-0.25, -0.2) is 4.98 Å². The Morgan fingerprint density at radius 1 is 1.70 bits per heavy atom. The second kappa shape index (κ2) is 2.79. The van der Waals surface area contributed by atoms with Crippen molar-refractivity contribution >= 4 is 0 Å². The second-order valence-corrected chi connectivity index (χ2v) is 2.52. The van der Waals surface area contributed by atoms with Gasteiger partial charge in [0.1, 0.15) is 5.82 Å². The summed E-state index contributed by atoms with van der Waals surface area (Å²) < 4.78 is 0.